The van der Waals surface area contributed by atoms with E-state index < -0.39 is 10.9 Å². The number of hydrogen-bond donors (Lipinski definition) is 0. The number of benzene rings is 2. The highest BCUT2D eigenvalue weighted by atomic mass is 35.5. The lowest BCUT2D eigenvalue weighted by atomic mass is 10.2. The minimum Gasteiger partial charge on any atom is -0.311 e. The van der Waals surface area contributed by atoms with Gasteiger partial charge in [-0.05, 0) is 12.1 Å². The molecule has 106 valence electrons. The molecule has 6 nitrogen and oxygen atoms in total. The summed E-state index contributed by atoms with van der Waals surface area (Å²) in [7, 11) is 0. The van der Waals surface area contributed by atoms with Gasteiger partial charge in [-0.15, -0.1) is 0 Å². The lowest BCUT2D eigenvalue weighted by Crippen LogP contribution is -2.03. The summed E-state index contributed by atoms with van der Waals surface area (Å²) >= 11 is 5.89. The molecule has 2 rings (SSSR count). The number of carbonyl (C=O) groups is 1. The molecule has 0 aromatic heterocycles. The third-order valence-corrected chi connectivity index (χ3v) is 2.82. The number of rotatable bonds is 4. The van der Waals surface area contributed by atoms with E-state index in [-0.39, 0.29) is 16.4 Å². The van der Waals surface area contributed by atoms with Crippen LogP contribution >= 0.6 is 11.6 Å². The van der Waals surface area contributed by atoms with E-state index in [1.807, 2.05) is 6.07 Å². The molecule has 0 radical (unpaired) electrons. The van der Waals surface area contributed by atoms with E-state index in [0.717, 1.165) is 0 Å². The Bertz CT molecular complexity index is 684. The quantitative estimate of drug-likeness (QED) is 0.375. The average molecular weight is 305 g/mol. The summed E-state index contributed by atoms with van der Waals surface area (Å²) in [4.78, 5) is 26.3. The second-order valence-electron chi connectivity index (χ2n) is 3.93. The maximum atomic E-state index is 11.7. The van der Waals surface area contributed by atoms with Crippen molar-refractivity contribution in [3.63, 3.8) is 0 Å². The molecule has 7 heteroatoms. The molecule has 0 unspecified atom stereocenters. The molecule has 0 aliphatic rings. The summed E-state index contributed by atoms with van der Waals surface area (Å²) in [5, 5.41) is 14.1. The molecular formula is C14H9ClN2O4. The standard InChI is InChI=1S/C14H9ClN2O4/c15-13(10-4-2-1-3-5-10)16-21-14(18)11-6-8-12(9-7-11)17(19)20/h1-9H/b16-13+. The van der Waals surface area contributed by atoms with E-state index in [9.17, 15) is 14.9 Å². The molecule has 0 atom stereocenters. The van der Waals surface area contributed by atoms with Gasteiger partial charge in [0, 0.05) is 17.7 Å². The van der Waals surface area contributed by atoms with Crippen LogP contribution in [-0.2, 0) is 4.84 Å². The van der Waals surface area contributed by atoms with Crippen LogP contribution in [0.15, 0.2) is 59.8 Å². The van der Waals surface area contributed by atoms with Crippen molar-refractivity contribution >= 4 is 28.4 Å². The predicted molar refractivity (Wildman–Crippen MR) is 77.3 cm³/mol. The number of non-ortho nitro benzene ring substituents is 1. The molecule has 0 N–H and O–H groups in total. The van der Waals surface area contributed by atoms with Crippen LogP contribution in [0.3, 0.4) is 0 Å². The summed E-state index contributed by atoms with van der Waals surface area (Å²) in [5.41, 5.74) is 0.634. The Morgan fingerprint density at radius 3 is 2.24 bits per heavy atom. The van der Waals surface area contributed by atoms with Gasteiger partial charge in [-0.25, -0.2) is 4.79 Å². The minimum absolute atomic E-state index is 0.0332. The van der Waals surface area contributed by atoms with Crippen molar-refractivity contribution in [3.8, 4) is 0 Å². The van der Waals surface area contributed by atoms with Gasteiger partial charge in [0.25, 0.3) is 5.69 Å². The van der Waals surface area contributed by atoms with Gasteiger partial charge in [0.15, 0.2) is 5.17 Å². The molecule has 2 aromatic carbocycles. The molecule has 0 aliphatic heterocycles. The van der Waals surface area contributed by atoms with Crippen LogP contribution in [-0.4, -0.2) is 16.1 Å². The van der Waals surface area contributed by atoms with E-state index in [1.165, 1.54) is 24.3 Å². The van der Waals surface area contributed by atoms with Gasteiger partial charge in [-0.1, -0.05) is 47.1 Å². The van der Waals surface area contributed by atoms with E-state index in [2.05, 4.69) is 5.16 Å². The van der Waals surface area contributed by atoms with Gasteiger partial charge in [0.2, 0.25) is 0 Å². The SMILES string of the molecule is O=C(O/N=C(/Cl)c1ccccc1)c1ccc([N+](=O)[O-])cc1. The van der Waals surface area contributed by atoms with Crippen molar-refractivity contribution in [1.29, 1.82) is 0 Å². The second kappa shape index (κ2) is 6.62. The lowest BCUT2D eigenvalue weighted by molar-refractivity contribution is -0.384. The highest BCUT2D eigenvalue weighted by molar-refractivity contribution is 6.69. The first-order valence-electron chi connectivity index (χ1n) is 5.82. The first-order valence-corrected chi connectivity index (χ1v) is 6.20. The van der Waals surface area contributed by atoms with Crippen LogP contribution in [0, 0.1) is 10.1 Å². The van der Waals surface area contributed by atoms with Gasteiger partial charge < -0.3 is 4.84 Å². The van der Waals surface area contributed by atoms with E-state index in [1.54, 1.807) is 24.3 Å². The Morgan fingerprint density at radius 2 is 1.67 bits per heavy atom. The van der Waals surface area contributed by atoms with Gasteiger partial charge in [-0.2, -0.15) is 0 Å². The van der Waals surface area contributed by atoms with E-state index in [4.69, 9.17) is 16.4 Å². The van der Waals surface area contributed by atoms with Crippen molar-refractivity contribution in [2.24, 2.45) is 5.16 Å². The van der Waals surface area contributed by atoms with Crippen molar-refractivity contribution in [2.45, 2.75) is 0 Å². The molecule has 0 fully saturated rings. The predicted octanol–water partition coefficient (Wildman–Crippen LogP) is 3.35. The third-order valence-electron chi connectivity index (χ3n) is 2.53. The Balaban J connectivity index is 2.06. The monoisotopic (exact) mass is 304 g/mol. The van der Waals surface area contributed by atoms with Gasteiger partial charge in [-0.3, -0.25) is 10.1 Å². The Hall–Kier alpha value is -2.73. The highest BCUT2D eigenvalue weighted by Gasteiger charge is 2.11. The van der Waals surface area contributed by atoms with Gasteiger partial charge >= 0.3 is 5.97 Å². The largest absolute Gasteiger partial charge is 0.365 e. The first kappa shape index (κ1) is 14.7. The minimum atomic E-state index is -0.751. The zero-order valence-electron chi connectivity index (χ0n) is 10.6. The van der Waals surface area contributed by atoms with Crippen LogP contribution < -0.4 is 0 Å². The summed E-state index contributed by atoms with van der Waals surface area (Å²) < 4.78 is 0. The molecule has 0 aliphatic carbocycles. The number of oxime groups is 1. The molecule has 0 amide bonds. The molecular weight excluding hydrogens is 296 g/mol. The van der Waals surface area contributed by atoms with Crippen LogP contribution in [0.25, 0.3) is 0 Å². The summed E-state index contributed by atoms with van der Waals surface area (Å²) in [6.07, 6.45) is 0. The second-order valence-corrected chi connectivity index (χ2v) is 4.29. The van der Waals surface area contributed by atoms with Crippen LogP contribution in [0.2, 0.25) is 0 Å². The number of hydrogen-bond acceptors (Lipinski definition) is 5. The van der Waals surface area contributed by atoms with Gasteiger partial charge in [0.05, 0.1) is 10.5 Å². The first-order chi connectivity index (χ1) is 10.1. The maximum Gasteiger partial charge on any atom is 0.365 e. The topological polar surface area (TPSA) is 81.8 Å². The van der Waals surface area contributed by atoms with Crippen molar-refractivity contribution < 1.29 is 14.6 Å². The molecule has 0 saturated carbocycles. The Labute approximate surface area is 124 Å². The fraction of sp³-hybridized carbons (Fsp3) is 0. The van der Waals surface area contributed by atoms with Crippen molar-refractivity contribution in [2.75, 3.05) is 0 Å². The fourth-order valence-corrected chi connectivity index (χ4v) is 1.64. The van der Waals surface area contributed by atoms with Gasteiger partial charge in [0.1, 0.15) is 0 Å². The number of halogens is 1. The molecule has 0 spiro atoms. The average Bonchev–Trinajstić information content (AvgIpc) is 2.53. The zero-order valence-corrected chi connectivity index (χ0v) is 11.4. The fourth-order valence-electron chi connectivity index (χ4n) is 1.48. The van der Waals surface area contributed by atoms with E-state index >= 15 is 0 Å². The number of nitrogens with zero attached hydrogens (tertiary/aromatic N) is 2. The van der Waals surface area contributed by atoms with E-state index in [0.29, 0.717) is 5.56 Å². The Kier molecular flexibility index (Phi) is 4.63. The molecule has 0 heterocycles. The molecule has 0 bridgehead atoms. The number of nitro benzene ring substituents is 1. The van der Waals surface area contributed by atoms with Crippen LogP contribution in [0.1, 0.15) is 15.9 Å². The third kappa shape index (κ3) is 3.87. The zero-order chi connectivity index (χ0) is 15.2. The van der Waals surface area contributed by atoms with Crippen LogP contribution in [0.5, 0.6) is 0 Å². The lowest BCUT2D eigenvalue weighted by Gasteiger charge is -2.00. The smallest absolute Gasteiger partial charge is 0.311 e. The van der Waals surface area contributed by atoms with Crippen molar-refractivity contribution in [1.82, 2.24) is 0 Å². The number of carbonyl (C=O) groups excluding carboxylic acids is 1. The maximum absolute atomic E-state index is 11.7. The van der Waals surface area contributed by atoms with Crippen LogP contribution in [0.4, 0.5) is 5.69 Å². The Morgan fingerprint density at radius 1 is 1.05 bits per heavy atom. The summed E-state index contributed by atoms with van der Waals surface area (Å²) in [6, 6.07) is 13.8. The molecule has 21 heavy (non-hydrogen) atoms. The normalized spacial score (nSPS) is 11.0. The molecule has 0 saturated heterocycles. The highest BCUT2D eigenvalue weighted by Crippen LogP contribution is 2.13. The number of nitro groups is 1. The summed E-state index contributed by atoms with van der Waals surface area (Å²) in [5.74, 6) is -0.751. The summed E-state index contributed by atoms with van der Waals surface area (Å²) in [6.45, 7) is 0. The van der Waals surface area contributed by atoms with Crippen molar-refractivity contribution in [3.05, 3.63) is 75.8 Å². The molecule has 2 aromatic rings.